The zero-order valence-electron chi connectivity index (χ0n) is 21.2. The summed E-state index contributed by atoms with van der Waals surface area (Å²) in [5, 5.41) is 10.0. The molecule has 0 bridgehead atoms. The van der Waals surface area contributed by atoms with Crippen LogP contribution in [0.15, 0.2) is 42.5 Å². The number of ether oxygens (including phenoxy) is 4. The van der Waals surface area contributed by atoms with Gasteiger partial charge >= 0.3 is 18.2 Å². The Kier molecular flexibility index (Phi) is 13.5. The molecule has 0 aromatic heterocycles. The molecule has 0 saturated heterocycles. The van der Waals surface area contributed by atoms with Gasteiger partial charge in [0, 0.05) is 29.6 Å². The number of alkyl halides is 3. The molecule has 216 valence electrons. The minimum atomic E-state index is -4.65. The van der Waals surface area contributed by atoms with Crippen LogP contribution in [0.4, 0.5) is 18.0 Å². The van der Waals surface area contributed by atoms with Gasteiger partial charge in [-0.15, -0.1) is 0 Å². The van der Waals surface area contributed by atoms with E-state index in [0.29, 0.717) is 34.4 Å². The van der Waals surface area contributed by atoms with Crippen LogP contribution in [-0.2, 0) is 20.7 Å². The molecule has 2 rings (SSSR count). The predicted molar refractivity (Wildman–Crippen MR) is 139 cm³/mol. The highest BCUT2D eigenvalue weighted by Crippen LogP contribution is 2.24. The molecule has 0 fully saturated rings. The molecule has 1 atom stereocenters. The van der Waals surface area contributed by atoms with Gasteiger partial charge in [-0.3, -0.25) is 0 Å². The van der Waals surface area contributed by atoms with Crippen molar-refractivity contribution in [2.24, 2.45) is 0 Å². The second kappa shape index (κ2) is 16.3. The average Bonchev–Trinajstić information content (AvgIpc) is 2.85. The summed E-state index contributed by atoms with van der Waals surface area (Å²) in [7, 11) is 0. The third-order valence-electron chi connectivity index (χ3n) is 5.16. The summed E-state index contributed by atoms with van der Waals surface area (Å²) in [5.74, 6) is -0.140. The first-order valence-electron chi connectivity index (χ1n) is 12.1. The maximum absolute atomic E-state index is 12.5. The largest absolute Gasteiger partial charge is 0.493 e. The number of nitrogens with zero attached hydrogens (tertiary/aromatic N) is 1. The highest BCUT2D eigenvalue weighted by molar-refractivity contribution is 6.34. The Hall–Kier alpha value is -2.89. The van der Waals surface area contributed by atoms with Crippen LogP contribution in [0.3, 0.4) is 0 Å². The molecule has 0 radical (unpaired) electrons. The number of unbranched alkanes of at least 4 members (excludes halogenated alkanes) is 1. The van der Waals surface area contributed by atoms with E-state index >= 15 is 0 Å². The molecule has 39 heavy (non-hydrogen) atoms. The Balaban J connectivity index is 1.85. The number of rotatable bonds is 16. The zero-order valence-corrected chi connectivity index (χ0v) is 22.7. The number of halogens is 5. The molecule has 1 N–H and O–H groups in total. The quantitative estimate of drug-likeness (QED) is 0.229. The van der Waals surface area contributed by atoms with Crippen LogP contribution in [0, 0.1) is 0 Å². The van der Waals surface area contributed by atoms with Crippen molar-refractivity contribution in [1.29, 1.82) is 0 Å². The Bertz CT molecular complexity index is 1030. The van der Waals surface area contributed by atoms with Gasteiger partial charge in [0.15, 0.2) is 12.7 Å². The SMILES string of the molecule is CCOC(Cc1ccc(OCCN(CCCCOc2cc(Cl)cc(Cl)c2)C(=O)OCC(F)(F)F)cc1)C(=O)O. The van der Waals surface area contributed by atoms with E-state index in [4.69, 9.17) is 37.4 Å². The van der Waals surface area contributed by atoms with Crippen molar-refractivity contribution in [3.8, 4) is 11.5 Å². The van der Waals surface area contributed by atoms with Crippen LogP contribution in [0.25, 0.3) is 0 Å². The van der Waals surface area contributed by atoms with Crippen LogP contribution in [-0.4, -0.2) is 73.9 Å². The summed E-state index contributed by atoms with van der Waals surface area (Å²) >= 11 is 11.9. The van der Waals surface area contributed by atoms with E-state index in [2.05, 4.69) is 4.74 Å². The summed E-state index contributed by atoms with van der Waals surface area (Å²) in [6, 6.07) is 11.4. The second-order valence-corrected chi connectivity index (χ2v) is 9.17. The lowest BCUT2D eigenvalue weighted by molar-refractivity contribution is -0.162. The van der Waals surface area contributed by atoms with Crippen molar-refractivity contribution in [3.05, 3.63) is 58.1 Å². The Labute approximate surface area is 234 Å². The smallest absolute Gasteiger partial charge is 0.422 e. The Morgan fingerprint density at radius 2 is 1.59 bits per heavy atom. The molecular weight excluding hydrogens is 566 g/mol. The van der Waals surface area contributed by atoms with E-state index in [1.54, 1.807) is 49.4 Å². The standard InChI is InChI=1S/C26H30Cl2F3NO7/c1-2-36-23(24(33)34)13-18-5-7-21(8-6-18)38-12-10-32(25(35)39-17-26(29,30)31)9-3-4-11-37-22-15-19(27)14-20(28)16-22/h5-8,14-16,23H,2-4,9-13,17H2,1H3,(H,33,34). The fourth-order valence-electron chi connectivity index (χ4n) is 3.36. The summed E-state index contributed by atoms with van der Waals surface area (Å²) in [6.07, 6.45) is -5.62. The van der Waals surface area contributed by atoms with Crippen molar-refractivity contribution < 1.29 is 46.8 Å². The molecule has 0 aliphatic carbocycles. The van der Waals surface area contributed by atoms with Gasteiger partial charge in [-0.2, -0.15) is 13.2 Å². The lowest BCUT2D eigenvalue weighted by Crippen LogP contribution is -2.37. The number of carbonyl (C=O) groups excluding carboxylic acids is 1. The first-order valence-corrected chi connectivity index (χ1v) is 12.9. The first kappa shape index (κ1) is 32.3. The van der Waals surface area contributed by atoms with Gasteiger partial charge in [0.25, 0.3) is 0 Å². The molecule has 1 amide bonds. The number of hydrogen-bond donors (Lipinski definition) is 1. The monoisotopic (exact) mass is 595 g/mol. The molecule has 0 saturated carbocycles. The number of hydrogen-bond acceptors (Lipinski definition) is 6. The number of carbonyl (C=O) groups is 2. The summed E-state index contributed by atoms with van der Waals surface area (Å²) in [4.78, 5) is 24.7. The fraction of sp³-hybridized carbons (Fsp3) is 0.462. The zero-order chi connectivity index (χ0) is 28.8. The van der Waals surface area contributed by atoms with E-state index in [1.807, 2.05) is 0 Å². The van der Waals surface area contributed by atoms with E-state index < -0.39 is 30.9 Å². The summed E-state index contributed by atoms with van der Waals surface area (Å²) < 4.78 is 58.4. The van der Waals surface area contributed by atoms with Crippen molar-refractivity contribution in [2.45, 2.75) is 38.5 Å². The van der Waals surface area contributed by atoms with Gasteiger partial charge in [-0.1, -0.05) is 35.3 Å². The molecule has 0 spiro atoms. The van der Waals surface area contributed by atoms with Crippen molar-refractivity contribution in [1.82, 2.24) is 4.90 Å². The van der Waals surface area contributed by atoms with Crippen LogP contribution < -0.4 is 9.47 Å². The number of carboxylic acid groups (broad SMARTS) is 1. The molecule has 1 unspecified atom stereocenters. The maximum atomic E-state index is 12.5. The lowest BCUT2D eigenvalue weighted by Gasteiger charge is -2.22. The fourth-order valence-corrected chi connectivity index (χ4v) is 3.87. The molecule has 8 nitrogen and oxygen atoms in total. The molecule has 13 heteroatoms. The molecule has 0 aliphatic heterocycles. The third-order valence-corrected chi connectivity index (χ3v) is 5.60. The summed E-state index contributed by atoms with van der Waals surface area (Å²) in [5.41, 5.74) is 0.725. The number of benzene rings is 2. The van der Waals surface area contributed by atoms with E-state index in [9.17, 15) is 27.9 Å². The minimum absolute atomic E-state index is 0.00528. The number of amides is 1. The van der Waals surface area contributed by atoms with Crippen LogP contribution >= 0.6 is 23.2 Å². The van der Waals surface area contributed by atoms with Gasteiger partial charge in [0.2, 0.25) is 0 Å². The normalized spacial score (nSPS) is 12.1. The van der Waals surface area contributed by atoms with E-state index in [1.165, 1.54) is 0 Å². The van der Waals surface area contributed by atoms with Gasteiger partial charge in [-0.05, 0) is 55.7 Å². The maximum Gasteiger partial charge on any atom is 0.422 e. The third kappa shape index (κ3) is 13.1. The molecule has 0 aliphatic rings. The predicted octanol–water partition coefficient (Wildman–Crippen LogP) is 6.26. The van der Waals surface area contributed by atoms with E-state index in [-0.39, 0.29) is 39.3 Å². The Morgan fingerprint density at radius 1 is 0.949 bits per heavy atom. The molecule has 2 aromatic carbocycles. The van der Waals surface area contributed by atoms with Gasteiger partial charge in [-0.25, -0.2) is 9.59 Å². The molecular formula is C26H30Cl2F3NO7. The lowest BCUT2D eigenvalue weighted by atomic mass is 10.1. The second-order valence-electron chi connectivity index (χ2n) is 8.30. The van der Waals surface area contributed by atoms with Gasteiger partial charge in [0.1, 0.15) is 18.1 Å². The molecule has 0 heterocycles. The topological polar surface area (TPSA) is 94.5 Å². The number of carboxylic acids is 1. The van der Waals surface area contributed by atoms with Gasteiger partial charge in [0.05, 0.1) is 13.2 Å². The first-order chi connectivity index (χ1) is 18.5. The van der Waals surface area contributed by atoms with Crippen LogP contribution in [0.2, 0.25) is 10.0 Å². The van der Waals surface area contributed by atoms with Crippen molar-refractivity contribution >= 4 is 35.3 Å². The Morgan fingerprint density at radius 3 is 2.18 bits per heavy atom. The van der Waals surface area contributed by atoms with Crippen molar-refractivity contribution in [3.63, 3.8) is 0 Å². The average molecular weight is 596 g/mol. The van der Waals surface area contributed by atoms with Crippen LogP contribution in [0.1, 0.15) is 25.3 Å². The van der Waals surface area contributed by atoms with Gasteiger partial charge < -0.3 is 29.0 Å². The molecule has 2 aromatic rings. The van der Waals surface area contributed by atoms with Crippen LogP contribution in [0.5, 0.6) is 11.5 Å². The number of aliphatic carboxylic acids is 1. The highest BCUT2D eigenvalue weighted by Gasteiger charge is 2.30. The highest BCUT2D eigenvalue weighted by atomic mass is 35.5. The van der Waals surface area contributed by atoms with Crippen molar-refractivity contribution in [2.75, 3.05) is 39.5 Å². The summed E-state index contributed by atoms with van der Waals surface area (Å²) in [6.45, 7) is 0.652. The van der Waals surface area contributed by atoms with E-state index in [0.717, 1.165) is 10.5 Å². The minimum Gasteiger partial charge on any atom is -0.493 e.